The number of aromatic hydroxyl groups is 1. The van der Waals surface area contributed by atoms with Crippen LogP contribution in [0.1, 0.15) is 0 Å². The molecule has 0 spiro atoms. The predicted octanol–water partition coefficient (Wildman–Crippen LogP) is 3.34. The zero-order valence-corrected chi connectivity index (χ0v) is 8.72. The van der Waals surface area contributed by atoms with Crippen molar-refractivity contribution >= 4 is 10.9 Å². The first-order valence-electron chi connectivity index (χ1n) is 5.08. The fraction of sp³-hybridized carbons (Fsp3) is 0. The Kier molecular flexibility index (Phi) is 2.08. The van der Waals surface area contributed by atoms with Gasteiger partial charge in [-0.05, 0) is 24.3 Å². The molecule has 0 atom stereocenters. The van der Waals surface area contributed by atoms with Crippen LogP contribution in [0.2, 0.25) is 0 Å². The number of phenols is 1. The molecule has 0 saturated carbocycles. The highest BCUT2D eigenvalue weighted by Gasteiger charge is 2.11. The Bertz CT molecular complexity index is 691. The summed E-state index contributed by atoms with van der Waals surface area (Å²) < 4.78 is 18.2. The molecule has 1 N–H and O–H groups in total. The number of halogens is 1. The number of hydrogen-bond donors (Lipinski definition) is 1. The molecule has 0 fully saturated rings. The zero-order valence-electron chi connectivity index (χ0n) is 8.72. The Morgan fingerprint density at radius 1 is 1.12 bits per heavy atom. The molecule has 0 aliphatic rings. The van der Waals surface area contributed by atoms with Gasteiger partial charge < -0.3 is 9.63 Å². The van der Waals surface area contributed by atoms with Crippen LogP contribution in [-0.4, -0.2) is 10.3 Å². The summed E-state index contributed by atoms with van der Waals surface area (Å²) in [6.07, 6.45) is 0. The lowest BCUT2D eigenvalue weighted by Gasteiger charge is -1.97. The summed E-state index contributed by atoms with van der Waals surface area (Å²) in [5.74, 6) is 0.318. The van der Waals surface area contributed by atoms with Gasteiger partial charge >= 0.3 is 0 Å². The van der Waals surface area contributed by atoms with Gasteiger partial charge in [-0.2, -0.15) is 0 Å². The molecule has 2 aromatic carbocycles. The van der Waals surface area contributed by atoms with E-state index in [2.05, 4.69) is 5.16 Å². The second-order valence-electron chi connectivity index (χ2n) is 3.72. The van der Waals surface area contributed by atoms with E-state index in [1.807, 2.05) is 0 Å². The SMILES string of the molecule is Oc1cccc(-c2onc3cc(F)ccc23)c1. The Morgan fingerprint density at radius 2 is 2.00 bits per heavy atom. The Morgan fingerprint density at radius 3 is 2.82 bits per heavy atom. The van der Waals surface area contributed by atoms with Gasteiger partial charge in [0, 0.05) is 17.0 Å². The van der Waals surface area contributed by atoms with E-state index in [-0.39, 0.29) is 11.6 Å². The average molecular weight is 229 g/mol. The molecule has 17 heavy (non-hydrogen) atoms. The van der Waals surface area contributed by atoms with Crippen molar-refractivity contribution in [1.82, 2.24) is 5.16 Å². The smallest absolute Gasteiger partial charge is 0.174 e. The highest BCUT2D eigenvalue weighted by molar-refractivity contribution is 5.91. The van der Waals surface area contributed by atoms with Gasteiger partial charge in [-0.25, -0.2) is 4.39 Å². The van der Waals surface area contributed by atoms with E-state index < -0.39 is 0 Å². The summed E-state index contributed by atoms with van der Waals surface area (Å²) in [5, 5.41) is 13.9. The summed E-state index contributed by atoms with van der Waals surface area (Å²) in [6, 6.07) is 10.9. The van der Waals surface area contributed by atoms with Crippen molar-refractivity contribution in [3.63, 3.8) is 0 Å². The quantitative estimate of drug-likeness (QED) is 0.696. The molecule has 84 valence electrons. The molecule has 3 nitrogen and oxygen atoms in total. The monoisotopic (exact) mass is 229 g/mol. The third kappa shape index (κ3) is 1.63. The Balaban J connectivity index is 2.24. The van der Waals surface area contributed by atoms with E-state index in [0.717, 1.165) is 5.39 Å². The number of rotatable bonds is 1. The van der Waals surface area contributed by atoms with Crippen LogP contribution >= 0.6 is 0 Å². The van der Waals surface area contributed by atoms with Gasteiger partial charge in [0.15, 0.2) is 5.76 Å². The lowest BCUT2D eigenvalue weighted by molar-refractivity contribution is 0.439. The number of hydrogen-bond acceptors (Lipinski definition) is 3. The molecule has 3 aromatic rings. The van der Waals surface area contributed by atoms with Gasteiger partial charge in [0.2, 0.25) is 0 Å². The maximum absolute atomic E-state index is 13.0. The fourth-order valence-corrected chi connectivity index (χ4v) is 1.77. The maximum Gasteiger partial charge on any atom is 0.174 e. The number of nitrogens with zero attached hydrogens (tertiary/aromatic N) is 1. The number of benzene rings is 2. The summed E-state index contributed by atoms with van der Waals surface area (Å²) >= 11 is 0. The molecule has 0 bridgehead atoms. The van der Waals surface area contributed by atoms with Crippen LogP contribution in [0.5, 0.6) is 5.75 Å². The van der Waals surface area contributed by atoms with E-state index in [9.17, 15) is 9.50 Å². The molecular formula is C13H8FNO2. The van der Waals surface area contributed by atoms with Crippen LogP contribution in [-0.2, 0) is 0 Å². The van der Waals surface area contributed by atoms with Crippen LogP contribution < -0.4 is 0 Å². The van der Waals surface area contributed by atoms with Crippen molar-refractivity contribution in [2.45, 2.75) is 0 Å². The lowest BCUT2D eigenvalue weighted by Crippen LogP contribution is -1.76. The number of phenolic OH excluding ortho intramolecular Hbond substituents is 1. The van der Waals surface area contributed by atoms with E-state index in [4.69, 9.17) is 4.52 Å². The molecule has 1 heterocycles. The molecule has 0 aliphatic heterocycles. The minimum absolute atomic E-state index is 0.147. The van der Waals surface area contributed by atoms with Gasteiger partial charge in [0.1, 0.15) is 17.1 Å². The van der Waals surface area contributed by atoms with Crippen molar-refractivity contribution in [1.29, 1.82) is 0 Å². The van der Waals surface area contributed by atoms with Crippen molar-refractivity contribution < 1.29 is 14.0 Å². The molecule has 3 rings (SSSR count). The van der Waals surface area contributed by atoms with Crippen LogP contribution in [0, 0.1) is 5.82 Å². The van der Waals surface area contributed by atoms with Crippen molar-refractivity contribution in [2.24, 2.45) is 0 Å². The normalized spacial score (nSPS) is 10.9. The van der Waals surface area contributed by atoms with E-state index in [0.29, 0.717) is 16.8 Å². The second-order valence-corrected chi connectivity index (χ2v) is 3.72. The molecular weight excluding hydrogens is 221 g/mol. The molecule has 0 radical (unpaired) electrons. The molecule has 0 amide bonds. The Hall–Kier alpha value is -2.36. The second kappa shape index (κ2) is 3.59. The topological polar surface area (TPSA) is 46.3 Å². The molecule has 4 heteroatoms. The first kappa shape index (κ1) is 9.84. The minimum atomic E-state index is -0.353. The Labute approximate surface area is 96.1 Å². The average Bonchev–Trinajstić information content (AvgIpc) is 2.71. The first-order valence-corrected chi connectivity index (χ1v) is 5.08. The number of fused-ring (bicyclic) bond motifs is 1. The standard InChI is InChI=1S/C13H8FNO2/c14-9-4-5-11-12(7-9)15-17-13(11)8-2-1-3-10(16)6-8/h1-7,16H. The van der Waals surface area contributed by atoms with Crippen molar-refractivity contribution in [3.8, 4) is 17.1 Å². The third-order valence-electron chi connectivity index (χ3n) is 2.55. The van der Waals surface area contributed by atoms with Gasteiger partial charge in [0.05, 0.1) is 0 Å². The van der Waals surface area contributed by atoms with Gasteiger partial charge in [-0.3, -0.25) is 0 Å². The molecule has 0 saturated heterocycles. The third-order valence-corrected chi connectivity index (χ3v) is 2.55. The summed E-state index contributed by atoms with van der Waals surface area (Å²) in [4.78, 5) is 0. The first-order chi connectivity index (χ1) is 8.24. The van der Waals surface area contributed by atoms with E-state index in [1.54, 1.807) is 30.3 Å². The van der Waals surface area contributed by atoms with Gasteiger partial charge in [0.25, 0.3) is 0 Å². The predicted molar refractivity (Wildman–Crippen MR) is 61.1 cm³/mol. The number of aromatic nitrogens is 1. The van der Waals surface area contributed by atoms with Crippen LogP contribution in [0.4, 0.5) is 4.39 Å². The van der Waals surface area contributed by atoms with Crippen molar-refractivity contribution in [2.75, 3.05) is 0 Å². The highest BCUT2D eigenvalue weighted by Crippen LogP contribution is 2.30. The minimum Gasteiger partial charge on any atom is -0.508 e. The molecule has 0 aliphatic carbocycles. The highest BCUT2D eigenvalue weighted by atomic mass is 19.1. The molecule has 1 aromatic heterocycles. The zero-order chi connectivity index (χ0) is 11.8. The molecule has 0 unspecified atom stereocenters. The largest absolute Gasteiger partial charge is 0.508 e. The summed E-state index contributed by atoms with van der Waals surface area (Å²) in [6.45, 7) is 0. The van der Waals surface area contributed by atoms with Crippen LogP contribution in [0.25, 0.3) is 22.2 Å². The van der Waals surface area contributed by atoms with Crippen LogP contribution in [0.15, 0.2) is 47.0 Å². The van der Waals surface area contributed by atoms with Gasteiger partial charge in [-0.15, -0.1) is 0 Å². The van der Waals surface area contributed by atoms with E-state index in [1.165, 1.54) is 12.1 Å². The fourth-order valence-electron chi connectivity index (χ4n) is 1.77. The van der Waals surface area contributed by atoms with E-state index >= 15 is 0 Å². The summed E-state index contributed by atoms with van der Waals surface area (Å²) in [5.41, 5.74) is 1.17. The van der Waals surface area contributed by atoms with Gasteiger partial charge in [-0.1, -0.05) is 17.3 Å². The summed E-state index contributed by atoms with van der Waals surface area (Å²) in [7, 11) is 0. The van der Waals surface area contributed by atoms with Crippen molar-refractivity contribution in [3.05, 3.63) is 48.3 Å². The van der Waals surface area contributed by atoms with Crippen LogP contribution in [0.3, 0.4) is 0 Å². The lowest BCUT2D eigenvalue weighted by atomic mass is 10.1. The maximum atomic E-state index is 13.0.